The zero-order valence-electron chi connectivity index (χ0n) is 12.1. The molecule has 19 heavy (non-hydrogen) atoms. The van der Waals surface area contributed by atoms with Crippen molar-refractivity contribution in [3.05, 3.63) is 59.0 Å². The van der Waals surface area contributed by atoms with Crippen LogP contribution in [0.3, 0.4) is 0 Å². The van der Waals surface area contributed by atoms with Gasteiger partial charge in [-0.2, -0.15) is 0 Å². The number of benzene rings is 1. The van der Waals surface area contributed by atoms with Gasteiger partial charge in [0.15, 0.2) is 0 Å². The molecule has 0 aliphatic rings. The van der Waals surface area contributed by atoms with E-state index < -0.39 is 0 Å². The number of hydrogen-bond acceptors (Lipinski definition) is 2. The van der Waals surface area contributed by atoms with Crippen molar-refractivity contribution in [1.82, 2.24) is 5.32 Å². The van der Waals surface area contributed by atoms with Crippen LogP contribution in [0.2, 0.25) is 0 Å². The Bertz CT molecular complexity index is 482. The Kier molecular flexibility index (Phi) is 4.80. The van der Waals surface area contributed by atoms with E-state index in [0.29, 0.717) is 6.04 Å². The third-order valence-electron chi connectivity index (χ3n) is 3.34. The maximum atomic E-state index is 5.35. The first kappa shape index (κ1) is 13.9. The third-order valence-corrected chi connectivity index (χ3v) is 3.34. The fourth-order valence-electron chi connectivity index (χ4n) is 2.38. The molecule has 0 bridgehead atoms. The largest absolute Gasteiger partial charge is 0.469 e. The summed E-state index contributed by atoms with van der Waals surface area (Å²) in [5, 5.41) is 3.57. The van der Waals surface area contributed by atoms with E-state index in [9.17, 15) is 0 Å². The molecule has 2 rings (SSSR count). The monoisotopic (exact) mass is 257 g/mol. The molecule has 1 aromatic carbocycles. The molecule has 102 valence electrons. The van der Waals surface area contributed by atoms with Gasteiger partial charge in [-0.25, -0.2) is 0 Å². The van der Waals surface area contributed by atoms with E-state index in [1.54, 1.807) is 6.26 Å². The van der Waals surface area contributed by atoms with Gasteiger partial charge in [-0.15, -0.1) is 0 Å². The minimum absolute atomic E-state index is 0.492. The summed E-state index contributed by atoms with van der Waals surface area (Å²) in [5.74, 6) is 1.07. The molecule has 2 aromatic rings. The molecular weight excluding hydrogens is 234 g/mol. The molecule has 0 fully saturated rings. The molecule has 1 N–H and O–H groups in total. The maximum Gasteiger partial charge on any atom is 0.103 e. The molecule has 0 saturated heterocycles. The van der Waals surface area contributed by atoms with Gasteiger partial charge < -0.3 is 9.73 Å². The van der Waals surface area contributed by atoms with Crippen molar-refractivity contribution in [2.24, 2.45) is 0 Å². The summed E-state index contributed by atoms with van der Waals surface area (Å²) in [6, 6.07) is 11.2. The average Bonchev–Trinajstić information content (AvgIpc) is 2.86. The van der Waals surface area contributed by atoms with Crippen LogP contribution in [0.15, 0.2) is 41.0 Å². The molecule has 0 aliphatic heterocycles. The lowest BCUT2D eigenvalue weighted by molar-refractivity contribution is 0.460. The van der Waals surface area contributed by atoms with Crippen LogP contribution in [0.1, 0.15) is 35.8 Å². The summed E-state index contributed by atoms with van der Waals surface area (Å²) >= 11 is 0. The molecule has 1 aromatic heterocycles. The second-order valence-electron chi connectivity index (χ2n) is 5.40. The van der Waals surface area contributed by atoms with E-state index in [4.69, 9.17) is 4.42 Å². The highest BCUT2D eigenvalue weighted by atomic mass is 16.3. The van der Waals surface area contributed by atoms with E-state index in [1.165, 1.54) is 16.7 Å². The first-order chi connectivity index (χ1) is 9.13. The molecule has 0 amide bonds. The van der Waals surface area contributed by atoms with Gasteiger partial charge in [0.2, 0.25) is 0 Å². The summed E-state index contributed by atoms with van der Waals surface area (Å²) in [6.45, 7) is 7.46. The fraction of sp³-hybridized carbons (Fsp3) is 0.412. The fourth-order valence-corrected chi connectivity index (χ4v) is 2.38. The SMILES string of the molecule is Cc1cc(C)cc(CNC(C)CCc2ccco2)c1. The number of aryl methyl sites for hydroxylation is 3. The predicted octanol–water partition coefficient (Wildman–Crippen LogP) is 4.01. The molecule has 0 spiro atoms. The van der Waals surface area contributed by atoms with E-state index >= 15 is 0 Å². The van der Waals surface area contributed by atoms with Gasteiger partial charge in [0.25, 0.3) is 0 Å². The van der Waals surface area contributed by atoms with Gasteiger partial charge in [-0.3, -0.25) is 0 Å². The minimum Gasteiger partial charge on any atom is -0.469 e. The summed E-state index contributed by atoms with van der Waals surface area (Å²) in [6.07, 6.45) is 3.83. The molecule has 1 unspecified atom stereocenters. The average molecular weight is 257 g/mol. The summed E-state index contributed by atoms with van der Waals surface area (Å²) < 4.78 is 5.35. The standard InChI is InChI=1S/C17H23NO/c1-13-9-14(2)11-16(10-13)12-18-15(3)6-7-17-5-4-8-19-17/h4-5,8-11,15,18H,6-7,12H2,1-3H3. The van der Waals surface area contributed by atoms with Crippen molar-refractivity contribution in [3.63, 3.8) is 0 Å². The van der Waals surface area contributed by atoms with Crippen LogP contribution in [-0.2, 0) is 13.0 Å². The van der Waals surface area contributed by atoms with Gasteiger partial charge in [-0.05, 0) is 44.9 Å². The quantitative estimate of drug-likeness (QED) is 0.846. The van der Waals surface area contributed by atoms with Crippen molar-refractivity contribution < 1.29 is 4.42 Å². The van der Waals surface area contributed by atoms with E-state index in [1.807, 2.05) is 12.1 Å². The van der Waals surface area contributed by atoms with Gasteiger partial charge in [0.1, 0.15) is 5.76 Å². The highest BCUT2D eigenvalue weighted by Crippen LogP contribution is 2.10. The van der Waals surface area contributed by atoms with Gasteiger partial charge in [-0.1, -0.05) is 29.3 Å². The Labute approximate surface area is 115 Å². The summed E-state index contributed by atoms with van der Waals surface area (Å²) in [4.78, 5) is 0. The van der Waals surface area contributed by atoms with Crippen LogP contribution in [0.25, 0.3) is 0 Å². The Morgan fingerprint density at radius 3 is 2.53 bits per heavy atom. The molecular formula is C17H23NO. The van der Waals surface area contributed by atoms with E-state index in [0.717, 1.165) is 25.1 Å². The van der Waals surface area contributed by atoms with Crippen LogP contribution in [-0.4, -0.2) is 6.04 Å². The lowest BCUT2D eigenvalue weighted by Gasteiger charge is -2.14. The lowest BCUT2D eigenvalue weighted by Crippen LogP contribution is -2.26. The van der Waals surface area contributed by atoms with Crippen LogP contribution in [0, 0.1) is 13.8 Å². The van der Waals surface area contributed by atoms with Gasteiger partial charge in [0, 0.05) is 19.0 Å². The maximum absolute atomic E-state index is 5.35. The summed E-state index contributed by atoms with van der Waals surface area (Å²) in [5.41, 5.74) is 4.03. The minimum atomic E-state index is 0.492. The van der Waals surface area contributed by atoms with E-state index in [2.05, 4.69) is 44.3 Å². The number of furan rings is 1. The Hall–Kier alpha value is -1.54. The third kappa shape index (κ3) is 4.56. The van der Waals surface area contributed by atoms with Crippen LogP contribution >= 0.6 is 0 Å². The molecule has 1 heterocycles. The Morgan fingerprint density at radius 2 is 1.89 bits per heavy atom. The van der Waals surface area contributed by atoms with Gasteiger partial charge >= 0.3 is 0 Å². The van der Waals surface area contributed by atoms with Gasteiger partial charge in [0.05, 0.1) is 6.26 Å². The zero-order chi connectivity index (χ0) is 13.7. The summed E-state index contributed by atoms with van der Waals surface area (Å²) in [7, 11) is 0. The molecule has 2 nitrogen and oxygen atoms in total. The first-order valence-corrected chi connectivity index (χ1v) is 6.96. The number of hydrogen-bond donors (Lipinski definition) is 1. The van der Waals surface area contributed by atoms with E-state index in [-0.39, 0.29) is 0 Å². The highest BCUT2D eigenvalue weighted by molar-refractivity contribution is 5.28. The molecule has 0 saturated carbocycles. The van der Waals surface area contributed by atoms with Crippen molar-refractivity contribution in [2.75, 3.05) is 0 Å². The lowest BCUT2D eigenvalue weighted by atomic mass is 10.1. The topological polar surface area (TPSA) is 25.2 Å². The van der Waals surface area contributed by atoms with Crippen molar-refractivity contribution >= 4 is 0 Å². The molecule has 2 heteroatoms. The van der Waals surface area contributed by atoms with Crippen LogP contribution in [0.5, 0.6) is 0 Å². The van der Waals surface area contributed by atoms with Crippen LogP contribution in [0.4, 0.5) is 0 Å². The smallest absolute Gasteiger partial charge is 0.103 e. The van der Waals surface area contributed by atoms with Crippen LogP contribution < -0.4 is 5.32 Å². The predicted molar refractivity (Wildman–Crippen MR) is 79.2 cm³/mol. The van der Waals surface area contributed by atoms with Crippen molar-refractivity contribution in [2.45, 2.75) is 46.2 Å². The second kappa shape index (κ2) is 6.58. The van der Waals surface area contributed by atoms with Crippen molar-refractivity contribution in [1.29, 1.82) is 0 Å². The Morgan fingerprint density at radius 1 is 1.16 bits per heavy atom. The normalized spacial score (nSPS) is 12.6. The van der Waals surface area contributed by atoms with Crippen molar-refractivity contribution in [3.8, 4) is 0 Å². The highest BCUT2D eigenvalue weighted by Gasteiger charge is 2.04. The first-order valence-electron chi connectivity index (χ1n) is 6.96. The second-order valence-corrected chi connectivity index (χ2v) is 5.40. The zero-order valence-corrected chi connectivity index (χ0v) is 12.1. The molecule has 1 atom stereocenters. The molecule has 0 radical (unpaired) electrons. The number of rotatable bonds is 6. The Balaban J connectivity index is 1.78. The molecule has 0 aliphatic carbocycles. The number of nitrogens with one attached hydrogen (secondary N) is 1.